The average molecular weight is 437 g/mol. The molecule has 9 heteroatoms. The van der Waals surface area contributed by atoms with Crippen LogP contribution in [0.2, 0.25) is 0 Å². The van der Waals surface area contributed by atoms with Crippen molar-refractivity contribution < 1.29 is 4.79 Å². The molecule has 1 atom stereocenters. The zero-order valence-corrected chi connectivity index (χ0v) is 18.9. The number of fused-ring (bicyclic) bond motifs is 1. The van der Waals surface area contributed by atoms with Crippen LogP contribution in [-0.4, -0.2) is 64.6 Å². The highest BCUT2D eigenvalue weighted by Gasteiger charge is 2.40. The first-order chi connectivity index (χ1) is 15.7. The predicted molar refractivity (Wildman–Crippen MR) is 126 cm³/mol. The van der Waals surface area contributed by atoms with Gasteiger partial charge in [-0.15, -0.1) is 0 Å². The fraction of sp³-hybridized carbons (Fsp3) is 0.565. The second-order valence-corrected chi connectivity index (χ2v) is 8.79. The van der Waals surface area contributed by atoms with Crippen molar-refractivity contribution in [3.05, 3.63) is 30.1 Å². The smallest absolute Gasteiger partial charge is 0.326 e. The summed E-state index contributed by atoms with van der Waals surface area (Å²) in [5.74, 6) is 1.91. The third-order valence-corrected chi connectivity index (χ3v) is 6.89. The van der Waals surface area contributed by atoms with Crippen LogP contribution in [0.1, 0.15) is 51.1 Å². The molecule has 2 amide bonds. The molecule has 2 fully saturated rings. The van der Waals surface area contributed by atoms with Crippen molar-refractivity contribution in [2.24, 2.45) is 0 Å². The van der Waals surface area contributed by atoms with E-state index in [9.17, 15) is 4.79 Å². The summed E-state index contributed by atoms with van der Waals surface area (Å²) in [7, 11) is 0. The van der Waals surface area contributed by atoms with Gasteiger partial charge in [-0.3, -0.25) is 4.90 Å². The summed E-state index contributed by atoms with van der Waals surface area (Å²) in [4.78, 5) is 33.4. The monoisotopic (exact) mass is 436 g/mol. The van der Waals surface area contributed by atoms with E-state index in [0.29, 0.717) is 18.3 Å². The van der Waals surface area contributed by atoms with Crippen LogP contribution in [0.3, 0.4) is 0 Å². The molecular formula is C23H32N8O. The van der Waals surface area contributed by atoms with Crippen molar-refractivity contribution in [2.45, 2.75) is 51.6 Å². The van der Waals surface area contributed by atoms with Gasteiger partial charge in [-0.25, -0.2) is 14.8 Å². The lowest BCUT2D eigenvalue weighted by Gasteiger charge is -2.42. The SMILES string of the molecule is CCN1C(=O)N(C2CCCC2)c2nc(Nc3ccc(N4CCNCC4)cn3)ncc2C1C. The molecule has 2 aromatic heterocycles. The van der Waals surface area contributed by atoms with E-state index >= 15 is 0 Å². The lowest BCUT2D eigenvalue weighted by molar-refractivity contribution is 0.181. The van der Waals surface area contributed by atoms with Gasteiger partial charge in [0.25, 0.3) is 0 Å². The molecule has 0 bridgehead atoms. The maximum absolute atomic E-state index is 13.3. The number of carbonyl (C=O) groups excluding carboxylic acids is 1. The summed E-state index contributed by atoms with van der Waals surface area (Å²) in [6.45, 7) is 8.71. The van der Waals surface area contributed by atoms with Crippen LogP contribution in [0, 0.1) is 0 Å². The molecule has 0 aromatic carbocycles. The van der Waals surface area contributed by atoms with Crippen molar-refractivity contribution in [3.8, 4) is 0 Å². The molecule has 1 saturated heterocycles. The Kier molecular flexibility index (Phi) is 5.82. The first-order valence-corrected chi connectivity index (χ1v) is 11.8. The van der Waals surface area contributed by atoms with Gasteiger partial charge in [0, 0.05) is 50.5 Å². The standard InChI is InChI=1S/C23H32N8O/c1-3-30-16(2)19-15-26-22(28-21(19)31(23(30)32)17-6-4-5-7-17)27-20-9-8-18(14-25-20)29-12-10-24-11-13-29/h8-9,14-17,24H,3-7,10-13H2,1-2H3,(H,25,26,27,28). The van der Waals surface area contributed by atoms with Gasteiger partial charge in [0.05, 0.1) is 17.9 Å². The molecule has 0 spiro atoms. The molecule has 2 aliphatic heterocycles. The maximum atomic E-state index is 13.3. The molecule has 1 saturated carbocycles. The summed E-state index contributed by atoms with van der Waals surface area (Å²) in [5.41, 5.74) is 2.13. The molecule has 1 aliphatic carbocycles. The molecule has 4 heterocycles. The predicted octanol–water partition coefficient (Wildman–Crippen LogP) is 3.29. The fourth-order valence-corrected chi connectivity index (χ4v) is 5.08. The van der Waals surface area contributed by atoms with Gasteiger partial charge in [-0.2, -0.15) is 4.98 Å². The number of aromatic nitrogens is 3. The number of carbonyl (C=O) groups is 1. The lowest BCUT2D eigenvalue weighted by Crippen LogP contribution is -2.52. The van der Waals surface area contributed by atoms with Crippen LogP contribution in [0.15, 0.2) is 24.5 Å². The Morgan fingerprint density at radius 2 is 1.91 bits per heavy atom. The topological polar surface area (TPSA) is 89.5 Å². The minimum absolute atomic E-state index is 0.0364. The van der Waals surface area contributed by atoms with E-state index in [4.69, 9.17) is 4.98 Å². The van der Waals surface area contributed by atoms with Crippen molar-refractivity contribution in [1.29, 1.82) is 0 Å². The molecule has 5 rings (SSSR count). The Hall–Kier alpha value is -2.94. The van der Waals surface area contributed by atoms with E-state index in [1.165, 1.54) is 0 Å². The molecule has 2 aromatic rings. The van der Waals surface area contributed by atoms with Gasteiger partial charge in [0.1, 0.15) is 11.6 Å². The Morgan fingerprint density at radius 1 is 1.12 bits per heavy atom. The van der Waals surface area contributed by atoms with Crippen LogP contribution in [0.25, 0.3) is 0 Å². The second kappa shape index (κ2) is 8.90. The van der Waals surface area contributed by atoms with E-state index in [0.717, 1.165) is 68.9 Å². The third kappa shape index (κ3) is 3.85. The van der Waals surface area contributed by atoms with Gasteiger partial charge in [-0.1, -0.05) is 12.8 Å². The molecule has 32 heavy (non-hydrogen) atoms. The summed E-state index contributed by atoms with van der Waals surface area (Å²) < 4.78 is 0. The number of piperazine rings is 1. The minimum Gasteiger partial charge on any atom is -0.368 e. The highest BCUT2D eigenvalue weighted by Crippen LogP contribution is 2.39. The molecule has 3 aliphatic rings. The number of hydrogen-bond acceptors (Lipinski definition) is 7. The molecule has 0 radical (unpaired) electrons. The Labute approximate surface area is 189 Å². The summed E-state index contributed by atoms with van der Waals surface area (Å²) in [6, 6.07) is 4.27. The van der Waals surface area contributed by atoms with Gasteiger partial charge in [0.2, 0.25) is 5.95 Å². The fourth-order valence-electron chi connectivity index (χ4n) is 5.08. The Bertz CT molecular complexity index is 953. The largest absolute Gasteiger partial charge is 0.368 e. The summed E-state index contributed by atoms with van der Waals surface area (Å²) >= 11 is 0. The van der Waals surface area contributed by atoms with Gasteiger partial charge in [-0.05, 0) is 38.8 Å². The molecule has 2 N–H and O–H groups in total. The maximum Gasteiger partial charge on any atom is 0.326 e. The second-order valence-electron chi connectivity index (χ2n) is 8.79. The lowest BCUT2D eigenvalue weighted by atomic mass is 10.0. The summed E-state index contributed by atoms with van der Waals surface area (Å²) in [5, 5.41) is 6.60. The van der Waals surface area contributed by atoms with Crippen LogP contribution in [-0.2, 0) is 0 Å². The van der Waals surface area contributed by atoms with Crippen molar-refractivity contribution in [1.82, 2.24) is 25.2 Å². The van der Waals surface area contributed by atoms with E-state index in [2.05, 4.69) is 38.5 Å². The van der Waals surface area contributed by atoms with Gasteiger partial charge < -0.3 is 20.4 Å². The van der Waals surface area contributed by atoms with Crippen LogP contribution in [0.5, 0.6) is 0 Å². The van der Waals surface area contributed by atoms with Gasteiger partial charge >= 0.3 is 6.03 Å². The number of rotatable bonds is 5. The number of nitrogens with one attached hydrogen (secondary N) is 2. The van der Waals surface area contributed by atoms with Gasteiger partial charge in [0.15, 0.2) is 0 Å². The molecule has 9 nitrogen and oxygen atoms in total. The first-order valence-electron chi connectivity index (χ1n) is 11.8. The number of hydrogen-bond donors (Lipinski definition) is 2. The number of pyridine rings is 1. The van der Waals surface area contributed by atoms with Crippen LogP contribution in [0.4, 0.5) is 28.1 Å². The quantitative estimate of drug-likeness (QED) is 0.743. The van der Waals surface area contributed by atoms with Crippen molar-refractivity contribution in [2.75, 3.05) is 47.8 Å². The number of nitrogens with zero attached hydrogens (tertiary/aromatic N) is 6. The van der Waals surface area contributed by atoms with Crippen molar-refractivity contribution in [3.63, 3.8) is 0 Å². The minimum atomic E-state index is -0.0364. The van der Waals surface area contributed by atoms with Crippen molar-refractivity contribution >= 4 is 29.3 Å². The summed E-state index contributed by atoms with van der Waals surface area (Å²) in [6.07, 6.45) is 8.12. The average Bonchev–Trinajstić information content (AvgIpc) is 3.35. The Morgan fingerprint density at radius 3 is 2.59 bits per heavy atom. The highest BCUT2D eigenvalue weighted by molar-refractivity contribution is 5.95. The zero-order chi connectivity index (χ0) is 22.1. The van der Waals surface area contributed by atoms with Crippen LogP contribution >= 0.6 is 0 Å². The number of anilines is 4. The molecule has 1 unspecified atom stereocenters. The van der Waals surface area contributed by atoms with E-state index < -0.39 is 0 Å². The Balaban J connectivity index is 1.40. The van der Waals surface area contributed by atoms with Crippen LogP contribution < -0.4 is 20.4 Å². The first kappa shape index (κ1) is 20.9. The third-order valence-electron chi connectivity index (χ3n) is 6.89. The molecule has 170 valence electrons. The van der Waals surface area contributed by atoms with E-state index in [-0.39, 0.29) is 18.1 Å². The number of urea groups is 1. The number of amides is 2. The molecular weight excluding hydrogens is 404 g/mol. The van der Waals surface area contributed by atoms with E-state index in [1.54, 1.807) is 0 Å². The highest BCUT2D eigenvalue weighted by atomic mass is 16.2. The normalized spacial score (nSPS) is 21.8. The van der Waals surface area contributed by atoms with E-state index in [1.807, 2.05) is 35.2 Å². The zero-order valence-electron chi connectivity index (χ0n) is 18.9.